The molecule has 1 aromatic heterocycles. The Bertz CT molecular complexity index is 620. The summed E-state index contributed by atoms with van der Waals surface area (Å²) < 4.78 is 1.60. The minimum absolute atomic E-state index is 0.165. The Balaban J connectivity index is 2.03. The quantitative estimate of drug-likeness (QED) is 0.857. The highest BCUT2D eigenvalue weighted by molar-refractivity contribution is 5.94. The zero-order valence-corrected chi connectivity index (χ0v) is 12.6. The number of hydrogen-bond donors (Lipinski definition) is 2. The van der Waals surface area contributed by atoms with E-state index in [-0.39, 0.29) is 11.6 Å². The molecule has 21 heavy (non-hydrogen) atoms. The van der Waals surface area contributed by atoms with E-state index < -0.39 is 5.97 Å². The molecule has 0 radical (unpaired) electrons. The molecule has 2 rings (SSSR count). The summed E-state index contributed by atoms with van der Waals surface area (Å²) in [4.78, 5) is 11.3. The lowest BCUT2D eigenvalue weighted by Gasteiger charge is -2.16. The van der Waals surface area contributed by atoms with E-state index in [9.17, 15) is 9.90 Å². The van der Waals surface area contributed by atoms with Crippen LogP contribution in [0.15, 0.2) is 30.3 Å². The second-order valence-electron chi connectivity index (χ2n) is 5.31. The summed E-state index contributed by atoms with van der Waals surface area (Å²) in [5.74, 6) is -0.376. The Labute approximate surface area is 124 Å². The lowest BCUT2D eigenvalue weighted by atomic mass is 10.1. The maximum absolute atomic E-state index is 11.3. The first kappa shape index (κ1) is 15.1. The summed E-state index contributed by atoms with van der Waals surface area (Å²) in [7, 11) is 1.76. The van der Waals surface area contributed by atoms with Gasteiger partial charge in [-0.15, -0.1) is 0 Å². The van der Waals surface area contributed by atoms with Gasteiger partial charge in [0.15, 0.2) is 0 Å². The number of aryl methyl sites for hydroxylation is 3. The van der Waals surface area contributed by atoms with E-state index in [0.29, 0.717) is 11.5 Å². The molecule has 0 saturated heterocycles. The summed E-state index contributed by atoms with van der Waals surface area (Å²) in [5, 5.41) is 16.7. The molecule has 0 aliphatic rings. The van der Waals surface area contributed by atoms with Crippen molar-refractivity contribution in [2.45, 2.75) is 32.7 Å². The van der Waals surface area contributed by atoms with Gasteiger partial charge in [0.05, 0.1) is 5.69 Å². The lowest BCUT2D eigenvalue weighted by Crippen LogP contribution is -2.20. The zero-order valence-electron chi connectivity index (χ0n) is 12.6. The number of aromatic carboxylic acids is 1. The number of nitrogens with one attached hydrogen (secondary N) is 1. The smallest absolute Gasteiger partial charge is 0.341 e. The molecule has 0 saturated carbocycles. The highest BCUT2D eigenvalue weighted by Crippen LogP contribution is 2.20. The summed E-state index contributed by atoms with van der Waals surface area (Å²) in [6.45, 7) is 3.76. The van der Waals surface area contributed by atoms with Crippen molar-refractivity contribution in [2.24, 2.45) is 7.05 Å². The molecular formula is C16H21N3O2. The number of carbonyl (C=O) groups is 1. The number of anilines is 1. The number of aromatic nitrogens is 2. The molecule has 0 aliphatic carbocycles. The minimum atomic E-state index is -0.946. The zero-order chi connectivity index (χ0) is 15.4. The molecule has 2 N–H and O–H groups in total. The van der Waals surface area contributed by atoms with Crippen LogP contribution in [0.2, 0.25) is 0 Å². The van der Waals surface area contributed by atoms with Crippen LogP contribution in [0.1, 0.15) is 35.0 Å². The Hall–Kier alpha value is -2.30. The molecule has 0 bridgehead atoms. The number of carboxylic acid groups (broad SMARTS) is 1. The molecule has 0 fully saturated rings. The Morgan fingerprint density at radius 2 is 2.05 bits per heavy atom. The van der Waals surface area contributed by atoms with Gasteiger partial charge in [-0.05, 0) is 32.3 Å². The van der Waals surface area contributed by atoms with E-state index in [0.717, 1.165) is 12.8 Å². The summed E-state index contributed by atoms with van der Waals surface area (Å²) in [5.41, 5.74) is 2.07. The fourth-order valence-corrected chi connectivity index (χ4v) is 2.41. The lowest BCUT2D eigenvalue weighted by molar-refractivity contribution is 0.0697. The van der Waals surface area contributed by atoms with Crippen molar-refractivity contribution in [3.63, 3.8) is 0 Å². The van der Waals surface area contributed by atoms with Crippen LogP contribution in [0.25, 0.3) is 0 Å². The average molecular weight is 287 g/mol. The summed E-state index contributed by atoms with van der Waals surface area (Å²) in [6, 6.07) is 10.4. The van der Waals surface area contributed by atoms with Gasteiger partial charge < -0.3 is 10.4 Å². The van der Waals surface area contributed by atoms with Crippen molar-refractivity contribution in [3.8, 4) is 0 Å². The second kappa shape index (κ2) is 6.43. The van der Waals surface area contributed by atoms with Crippen molar-refractivity contribution < 1.29 is 9.90 Å². The molecule has 2 aromatic rings. The van der Waals surface area contributed by atoms with Crippen LogP contribution in [0.5, 0.6) is 0 Å². The van der Waals surface area contributed by atoms with Crippen molar-refractivity contribution in [1.29, 1.82) is 0 Å². The van der Waals surface area contributed by atoms with Crippen molar-refractivity contribution in [1.82, 2.24) is 9.78 Å². The van der Waals surface area contributed by atoms with Gasteiger partial charge in [0.2, 0.25) is 0 Å². The minimum Gasteiger partial charge on any atom is -0.477 e. The third-order valence-electron chi connectivity index (χ3n) is 3.53. The van der Waals surface area contributed by atoms with Gasteiger partial charge in [-0.1, -0.05) is 30.3 Å². The van der Waals surface area contributed by atoms with E-state index in [2.05, 4.69) is 29.5 Å². The van der Waals surface area contributed by atoms with Crippen LogP contribution in [0, 0.1) is 6.92 Å². The number of hydrogen-bond acceptors (Lipinski definition) is 3. The van der Waals surface area contributed by atoms with Gasteiger partial charge in [0, 0.05) is 13.1 Å². The van der Waals surface area contributed by atoms with Gasteiger partial charge in [0.1, 0.15) is 11.4 Å². The molecule has 1 heterocycles. The van der Waals surface area contributed by atoms with Gasteiger partial charge in [-0.25, -0.2) is 4.79 Å². The van der Waals surface area contributed by atoms with Crippen LogP contribution in [0.3, 0.4) is 0 Å². The Kier molecular flexibility index (Phi) is 4.62. The molecule has 0 amide bonds. The predicted molar refractivity (Wildman–Crippen MR) is 82.8 cm³/mol. The topological polar surface area (TPSA) is 67.2 Å². The number of rotatable bonds is 6. The van der Waals surface area contributed by atoms with E-state index in [4.69, 9.17) is 0 Å². The monoisotopic (exact) mass is 287 g/mol. The maximum Gasteiger partial charge on any atom is 0.341 e. The van der Waals surface area contributed by atoms with Gasteiger partial charge >= 0.3 is 5.97 Å². The average Bonchev–Trinajstić information content (AvgIpc) is 2.72. The maximum atomic E-state index is 11.3. The molecule has 1 atom stereocenters. The third-order valence-corrected chi connectivity index (χ3v) is 3.53. The first-order chi connectivity index (χ1) is 9.99. The molecule has 112 valence electrons. The van der Waals surface area contributed by atoms with Crippen molar-refractivity contribution in [3.05, 3.63) is 47.2 Å². The largest absolute Gasteiger partial charge is 0.477 e. The Morgan fingerprint density at radius 3 is 2.67 bits per heavy atom. The van der Waals surface area contributed by atoms with E-state index in [1.54, 1.807) is 18.7 Å². The number of carboxylic acids is 1. The summed E-state index contributed by atoms with van der Waals surface area (Å²) >= 11 is 0. The second-order valence-corrected chi connectivity index (χ2v) is 5.31. The normalized spacial score (nSPS) is 12.1. The molecule has 5 nitrogen and oxygen atoms in total. The van der Waals surface area contributed by atoms with Gasteiger partial charge in [-0.3, -0.25) is 4.68 Å². The molecular weight excluding hydrogens is 266 g/mol. The standard InChI is InChI=1S/C16H21N3O2/c1-11(9-10-13-7-5-4-6-8-13)17-15-14(16(20)21)12(2)18-19(15)3/h4-8,11,17H,9-10H2,1-3H3,(H,20,21). The molecule has 0 spiro atoms. The van der Waals surface area contributed by atoms with Crippen LogP contribution in [-0.2, 0) is 13.5 Å². The molecule has 1 unspecified atom stereocenters. The van der Waals surface area contributed by atoms with E-state index in [1.807, 2.05) is 18.2 Å². The predicted octanol–water partition coefficient (Wildman–Crippen LogP) is 2.86. The molecule has 0 aliphatic heterocycles. The van der Waals surface area contributed by atoms with Crippen molar-refractivity contribution >= 4 is 11.8 Å². The number of nitrogens with zero attached hydrogens (tertiary/aromatic N) is 2. The van der Waals surface area contributed by atoms with Crippen LogP contribution in [0.4, 0.5) is 5.82 Å². The van der Waals surface area contributed by atoms with Crippen LogP contribution >= 0.6 is 0 Å². The Morgan fingerprint density at radius 1 is 1.38 bits per heavy atom. The summed E-state index contributed by atoms with van der Waals surface area (Å²) in [6.07, 6.45) is 1.88. The van der Waals surface area contributed by atoms with Crippen molar-refractivity contribution in [2.75, 3.05) is 5.32 Å². The van der Waals surface area contributed by atoms with E-state index >= 15 is 0 Å². The number of benzene rings is 1. The first-order valence-corrected chi connectivity index (χ1v) is 7.06. The van der Waals surface area contributed by atoms with Crippen LogP contribution in [-0.4, -0.2) is 26.9 Å². The van der Waals surface area contributed by atoms with E-state index in [1.165, 1.54) is 5.56 Å². The fraction of sp³-hybridized carbons (Fsp3) is 0.375. The highest BCUT2D eigenvalue weighted by Gasteiger charge is 2.20. The first-order valence-electron chi connectivity index (χ1n) is 7.06. The SMILES string of the molecule is Cc1nn(C)c(NC(C)CCc2ccccc2)c1C(=O)O. The van der Waals surface area contributed by atoms with Gasteiger partial charge in [-0.2, -0.15) is 5.10 Å². The highest BCUT2D eigenvalue weighted by atomic mass is 16.4. The third kappa shape index (κ3) is 3.62. The van der Waals surface area contributed by atoms with Crippen LogP contribution < -0.4 is 5.32 Å². The molecule has 5 heteroatoms. The fourth-order valence-electron chi connectivity index (χ4n) is 2.41. The molecule has 1 aromatic carbocycles. The van der Waals surface area contributed by atoms with Gasteiger partial charge in [0.25, 0.3) is 0 Å².